The molecule has 1 aliphatic heterocycles. The van der Waals surface area contributed by atoms with Gasteiger partial charge in [-0.1, -0.05) is 24.3 Å². The van der Waals surface area contributed by atoms with Crippen LogP contribution in [0.2, 0.25) is 0 Å². The summed E-state index contributed by atoms with van der Waals surface area (Å²) in [5.74, 6) is 2.05. The predicted molar refractivity (Wildman–Crippen MR) is 124 cm³/mol. The first-order valence-corrected chi connectivity index (χ1v) is 11.4. The lowest BCUT2D eigenvalue weighted by Gasteiger charge is -2.41. The monoisotopic (exact) mass is 422 g/mol. The molecule has 0 aliphatic carbocycles. The highest BCUT2D eigenvalue weighted by Crippen LogP contribution is 2.22. The minimum Gasteiger partial charge on any atom is -0.494 e. The average molecular weight is 423 g/mol. The number of aromatic nitrogens is 2. The van der Waals surface area contributed by atoms with Gasteiger partial charge in [0, 0.05) is 45.4 Å². The molecule has 1 N–H and O–H groups in total. The Balaban J connectivity index is 1.43. The highest BCUT2D eigenvalue weighted by molar-refractivity contribution is 5.75. The van der Waals surface area contributed by atoms with Gasteiger partial charge in [-0.05, 0) is 50.1 Å². The first kappa shape index (κ1) is 21.8. The zero-order chi connectivity index (χ0) is 21.6. The summed E-state index contributed by atoms with van der Waals surface area (Å²) < 4.78 is 7.88. The SMILES string of the molecule is CCOc1ccc(CN2CCN(Cc3nc4ccccc4n3CC)C[C@H]2CCO)cc1. The van der Waals surface area contributed by atoms with E-state index in [2.05, 4.69) is 57.7 Å². The number of nitrogens with zero attached hydrogens (tertiary/aromatic N) is 4. The molecule has 6 nitrogen and oxygen atoms in total. The second-order valence-corrected chi connectivity index (χ2v) is 8.21. The summed E-state index contributed by atoms with van der Waals surface area (Å²) in [5.41, 5.74) is 3.56. The van der Waals surface area contributed by atoms with Crippen LogP contribution in [0.25, 0.3) is 11.0 Å². The Morgan fingerprint density at radius 1 is 1.03 bits per heavy atom. The third-order valence-electron chi connectivity index (χ3n) is 6.19. The minimum absolute atomic E-state index is 0.214. The molecular weight excluding hydrogens is 388 g/mol. The number of benzene rings is 2. The molecular formula is C25H34N4O2. The van der Waals surface area contributed by atoms with E-state index in [-0.39, 0.29) is 6.61 Å². The first-order chi connectivity index (χ1) is 15.2. The van der Waals surface area contributed by atoms with Gasteiger partial charge in [0.15, 0.2) is 0 Å². The standard InChI is InChI=1S/C25H34N4O2/c1-3-29-24-8-6-5-7-23(24)26-25(29)19-27-14-15-28(21(18-27)13-16-30)17-20-9-11-22(12-10-20)31-4-2/h5-12,21,30H,3-4,13-19H2,1-2H3/t21-/m1/s1. The summed E-state index contributed by atoms with van der Waals surface area (Å²) in [5, 5.41) is 9.67. The number of aliphatic hydroxyl groups is 1. The molecule has 1 saturated heterocycles. The van der Waals surface area contributed by atoms with Crippen LogP contribution in [0.5, 0.6) is 5.75 Å². The van der Waals surface area contributed by atoms with Gasteiger partial charge in [0.05, 0.1) is 24.2 Å². The lowest BCUT2D eigenvalue weighted by atomic mass is 10.1. The summed E-state index contributed by atoms with van der Waals surface area (Å²) >= 11 is 0. The second kappa shape index (κ2) is 10.3. The fraction of sp³-hybridized carbons (Fsp3) is 0.480. The molecule has 2 aromatic carbocycles. The van der Waals surface area contributed by atoms with Gasteiger partial charge in [-0.2, -0.15) is 0 Å². The Kier molecular flexibility index (Phi) is 7.22. The number of piperazine rings is 1. The van der Waals surface area contributed by atoms with E-state index >= 15 is 0 Å². The van der Waals surface area contributed by atoms with Gasteiger partial charge in [0.2, 0.25) is 0 Å². The molecule has 6 heteroatoms. The molecule has 0 unspecified atom stereocenters. The molecule has 31 heavy (non-hydrogen) atoms. The number of aliphatic hydroxyl groups excluding tert-OH is 1. The van der Waals surface area contributed by atoms with E-state index in [1.807, 2.05) is 19.1 Å². The molecule has 0 radical (unpaired) electrons. The van der Waals surface area contributed by atoms with Gasteiger partial charge in [-0.3, -0.25) is 9.80 Å². The molecule has 1 aromatic heterocycles. The van der Waals surface area contributed by atoms with Gasteiger partial charge in [0.25, 0.3) is 0 Å². The van der Waals surface area contributed by atoms with Crippen LogP contribution in [0.15, 0.2) is 48.5 Å². The van der Waals surface area contributed by atoms with Crippen molar-refractivity contribution in [3.8, 4) is 5.75 Å². The molecule has 2 heterocycles. The number of ether oxygens (including phenoxy) is 1. The van der Waals surface area contributed by atoms with Crippen LogP contribution in [0.4, 0.5) is 0 Å². The Labute approximate surface area is 185 Å². The maximum absolute atomic E-state index is 9.67. The molecule has 0 spiro atoms. The molecule has 0 saturated carbocycles. The molecule has 3 aromatic rings. The van der Waals surface area contributed by atoms with Gasteiger partial charge >= 0.3 is 0 Å². The van der Waals surface area contributed by atoms with Crippen molar-refractivity contribution in [2.75, 3.05) is 32.8 Å². The van der Waals surface area contributed by atoms with Crippen LogP contribution in [0.3, 0.4) is 0 Å². The molecule has 166 valence electrons. The van der Waals surface area contributed by atoms with Crippen LogP contribution < -0.4 is 4.74 Å². The third kappa shape index (κ3) is 5.09. The highest BCUT2D eigenvalue weighted by Gasteiger charge is 2.27. The number of hydrogen-bond donors (Lipinski definition) is 1. The number of hydrogen-bond acceptors (Lipinski definition) is 5. The van der Waals surface area contributed by atoms with Crippen LogP contribution in [-0.2, 0) is 19.6 Å². The van der Waals surface area contributed by atoms with Gasteiger partial charge in [-0.15, -0.1) is 0 Å². The van der Waals surface area contributed by atoms with Crippen molar-refractivity contribution >= 4 is 11.0 Å². The van der Waals surface area contributed by atoms with E-state index < -0.39 is 0 Å². The quantitative estimate of drug-likeness (QED) is 0.572. The van der Waals surface area contributed by atoms with Crippen LogP contribution in [0.1, 0.15) is 31.7 Å². The largest absolute Gasteiger partial charge is 0.494 e. The fourth-order valence-electron chi connectivity index (χ4n) is 4.62. The summed E-state index contributed by atoms with van der Waals surface area (Å²) in [4.78, 5) is 9.90. The second-order valence-electron chi connectivity index (χ2n) is 8.21. The molecule has 4 rings (SSSR count). The first-order valence-electron chi connectivity index (χ1n) is 11.4. The summed E-state index contributed by atoms with van der Waals surface area (Å²) in [6.45, 7) is 10.7. The predicted octanol–water partition coefficient (Wildman–Crippen LogP) is 3.52. The van der Waals surface area contributed by atoms with E-state index in [1.54, 1.807) is 0 Å². The Bertz CT molecular complexity index is 969. The maximum atomic E-state index is 9.67. The lowest BCUT2D eigenvalue weighted by Crippen LogP contribution is -2.52. The normalized spacial score (nSPS) is 18.0. The summed E-state index contributed by atoms with van der Waals surface area (Å²) in [6, 6.07) is 17.1. The van der Waals surface area contributed by atoms with Gasteiger partial charge in [-0.25, -0.2) is 4.98 Å². The van der Waals surface area contributed by atoms with Crippen molar-refractivity contribution in [1.82, 2.24) is 19.4 Å². The van der Waals surface area contributed by atoms with Crippen molar-refractivity contribution in [2.24, 2.45) is 0 Å². The number of imidazole rings is 1. The molecule has 1 atom stereocenters. The topological polar surface area (TPSA) is 53.8 Å². The third-order valence-corrected chi connectivity index (χ3v) is 6.19. The van der Waals surface area contributed by atoms with E-state index in [1.165, 1.54) is 11.1 Å². The van der Waals surface area contributed by atoms with E-state index in [4.69, 9.17) is 9.72 Å². The Morgan fingerprint density at radius 2 is 1.84 bits per heavy atom. The Hall–Kier alpha value is -2.41. The lowest BCUT2D eigenvalue weighted by molar-refractivity contribution is 0.0483. The van der Waals surface area contributed by atoms with Crippen molar-refractivity contribution in [3.63, 3.8) is 0 Å². The fourth-order valence-corrected chi connectivity index (χ4v) is 4.62. The zero-order valence-electron chi connectivity index (χ0n) is 18.7. The van der Waals surface area contributed by atoms with Crippen LogP contribution >= 0.6 is 0 Å². The smallest absolute Gasteiger partial charge is 0.124 e. The number of aryl methyl sites for hydroxylation is 1. The van der Waals surface area contributed by atoms with E-state index in [0.29, 0.717) is 12.6 Å². The molecule has 0 bridgehead atoms. The zero-order valence-corrected chi connectivity index (χ0v) is 18.7. The van der Waals surface area contributed by atoms with Crippen molar-refractivity contribution in [2.45, 2.75) is 45.9 Å². The molecule has 1 aliphatic rings. The van der Waals surface area contributed by atoms with E-state index in [0.717, 1.165) is 62.8 Å². The highest BCUT2D eigenvalue weighted by atomic mass is 16.5. The van der Waals surface area contributed by atoms with Gasteiger partial charge < -0.3 is 14.4 Å². The van der Waals surface area contributed by atoms with Crippen molar-refractivity contribution in [1.29, 1.82) is 0 Å². The van der Waals surface area contributed by atoms with Crippen LogP contribution in [0, 0.1) is 0 Å². The van der Waals surface area contributed by atoms with Crippen molar-refractivity contribution < 1.29 is 9.84 Å². The number of para-hydroxylation sites is 2. The summed E-state index contributed by atoms with van der Waals surface area (Å²) in [6.07, 6.45) is 0.789. The van der Waals surface area contributed by atoms with Gasteiger partial charge in [0.1, 0.15) is 11.6 Å². The minimum atomic E-state index is 0.214. The number of fused-ring (bicyclic) bond motifs is 1. The molecule has 0 amide bonds. The van der Waals surface area contributed by atoms with Crippen molar-refractivity contribution in [3.05, 3.63) is 59.9 Å². The number of rotatable bonds is 9. The maximum Gasteiger partial charge on any atom is 0.124 e. The molecule has 1 fully saturated rings. The summed E-state index contributed by atoms with van der Waals surface area (Å²) in [7, 11) is 0. The average Bonchev–Trinajstić information content (AvgIpc) is 3.14. The van der Waals surface area contributed by atoms with Crippen LogP contribution in [-0.4, -0.2) is 63.3 Å². The van der Waals surface area contributed by atoms with E-state index in [9.17, 15) is 5.11 Å². The Morgan fingerprint density at radius 3 is 2.58 bits per heavy atom.